The van der Waals surface area contributed by atoms with Crippen molar-refractivity contribution in [1.29, 1.82) is 0 Å². The molecule has 3 rings (SSSR count). The van der Waals surface area contributed by atoms with Crippen LogP contribution in [0.25, 0.3) is 0 Å². The van der Waals surface area contributed by atoms with Gasteiger partial charge in [-0.25, -0.2) is 18.6 Å². The predicted octanol–water partition coefficient (Wildman–Crippen LogP) is -2.62. The number of halogens is 1. The van der Waals surface area contributed by atoms with Gasteiger partial charge in [0.1, 0.15) is 0 Å². The molecule has 0 unspecified atom stereocenters. The van der Waals surface area contributed by atoms with E-state index in [1.807, 2.05) is 38.4 Å². The number of aliphatic imine (C=N–C) groups is 4. The van der Waals surface area contributed by atoms with Crippen molar-refractivity contribution < 1.29 is 87.9 Å². The minimum atomic E-state index is -4.94. The summed E-state index contributed by atoms with van der Waals surface area (Å²) in [6, 6.07) is 7.79. The summed E-state index contributed by atoms with van der Waals surface area (Å²) in [5.41, 5.74) is 4.30. The van der Waals surface area contributed by atoms with Crippen LogP contribution in [0.4, 0.5) is 0 Å². The molecule has 1 amide bonds. The number of carbonyl (C=O) groups excluding carboxylic acids is 2. The molecule has 58 heavy (non-hydrogen) atoms. The van der Waals surface area contributed by atoms with Crippen molar-refractivity contribution in [1.82, 2.24) is 14.7 Å². The van der Waals surface area contributed by atoms with Crippen molar-refractivity contribution in [2.24, 2.45) is 20.0 Å². The van der Waals surface area contributed by atoms with E-state index in [1.54, 1.807) is 39.0 Å². The van der Waals surface area contributed by atoms with Crippen molar-refractivity contribution >= 4 is 37.2 Å². The van der Waals surface area contributed by atoms with Crippen LogP contribution in [0.1, 0.15) is 81.8 Å². The van der Waals surface area contributed by atoms with Crippen molar-refractivity contribution in [3.63, 3.8) is 0 Å². The van der Waals surface area contributed by atoms with Crippen LogP contribution in [-0.2, 0) is 54.6 Å². The van der Waals surface area contributed by atoms with E-state index in [0.717, 1.165) is 50.6 Å². The summed E-state index contributed by atoms with van der Waals surface area (Å²) in [7, 11) is 2.47. The molecule has 1 heterocycles. The number of aliphatic carboxylic acids is 1. The maximum absolute atomic E-state index is 13.2. The zero-order valence-corrected chi connectivity index (χ0v) is 38.4. The summed E-state index contributed by atoms with van der Waals surface area (Å²) < 4.78 is 34.0. The molecule has 0 aromatic heterocycles. The summed E-state index contributed by atoms with van der Waals surface area (Å²) in [6.45, 7) is 19.0. The van der Waals surface area contributed by atoms with Gasteiger partial charge in [0.15, 0.2) is 0 Å². The van der Waals surface area contributed by atoms with Gasteiger partial charge in [0, 0.05) is 71.1 Å². The number of nitrogens with zero attached hydrogens (tertiary/aromatic N) is 7. The Balaban J connectivity index is -0.00000163. The molecule has 324 valence electrons. The molecule has 2 aromatic rings. The first kappa shape index (κ1) is 59.1. The van der Waals surface area contributed by atoms with Gasteiger partial charge >= 0.3 is 34.1 Å². The molecule has 0 saturated heterocycles. The van der Waals surface area contributed by atoms with Gasteiger partial charge in [0.2, 0.25) is 6.41 Å². The molecule has 0 aliphatic carbocycles. The van der Waals surface area contributed by atoms with Crippen LogP contribution in [-0.4, -0.2) is 132 Å². The molecular formula is C39H58ClMn2N7O9. The van der Waals surface area contributed by atoms with Gasteiger partial charge < -0.3 is 34.8 Å². The number of likely N-dealkylation sites (N-methyl/N-ethyl adjacent to an activating group) is 2. The molecule has 2 radical (unpaired) electrons. The number of rotatable bonds is 1. The first-order chi connectivity index (χ1) is 25.8. The average Bonchev–Trinajstić information content (AvgIpc) is 3.05. The topological polar surface area (TPSA) is 255 Å². The Labute approximate surface area is 367 Å². The zero-order chi connectivity index (χ0) is 43.3. The number of carboxylic acids is 1. The largest absolute Gasteiger partial charge is 2.00 e. The van der Waals surface area contributed by atoms with Crippen molar-refractivity contribution in [2.45, 2.75) is 59.3 Å². The van der Waals surface area contributed by atoms with E-state index in [1.165, 1.54) is 4.90 Å². The minimum absolute atomic E-state index is 0. The Morgan fingerprint density at radius 2 is 0.828 bits per heavy atom. The second kappa shape index (κ2) is 29.1. The normalized spacial score (nSPS) is 14.6. The van der Waals surface area contributed by atoms with Crippen molar-refractivity contribution in [2.75, 3.05) is 80.5 Å². The monoisotopic (exact) mass is 913 g/mol. The van der Waals surface area contributed by atoms with E-state index in [0.29, 0.717) is 48.4 Å². The molecule has 0 N–H and O–H groups in total. The summed E-state index contributed by atoms with van der Waals surface area (Å²) in [6.07, 6.45) is 7.54. The molecule has 0 saturated carbocycles. The van der Waals surface area contributed by atoms with Crippen LogP contribution in [0.2, 0.25) is 0 Å². The number of carbonyl (C=O) groups is 2. The average molecular weight is 914 g/mol. The number of benzene rings is 2. The van der Waals surface area contributed by atoms with E-state index >= 15 is 0 Å². The van der Waals surface area contributed by atoms with Gasteiger partial charge in [-0.3, -0.25) is 24.8 Å². The first-order valence-corrected chi connectivity index (χ1v) is 19.0. The molecule has 2 aromatic carbocycles. The number of fused-ring (bicyclic) bond motifs is 4. The Hall–Kier alpha value is -3.25. The van der Waals surface area contributed by atoms with Crippen LogP contribution in [0, 0.1) is 10.2 Å². The van der Waals surface area contributed by atoms with Gasteiger partial charge in [-0.05, 0) is 65.2 Å². The van der Waals surface area contributed by atoms with E-state index in [4.69, 9.17) is 28.5 Å². The quantitative estimate of drug-likeness (QED) is 0.212. The molecule has 1 aliphatic heterocycles. The van der Waals surface area contributed by atoms with Gasteiger partial charge in [0.25, 0.3) is 0 Å². The Kier molecular flexibility index (Phi) is 29.6. The maximum Gasteiger partial charge on any atom is 2.00 e. The zero-order valence-electron chi connectivity index (χ0n) is 35.3. The van der Waals surface area contributed by atoms with Crippen LogP contribution in [0.3, 0.4) is 0 Å². The molecule has 4 bridgehead atoms. The Bertz CT molecular complexity index is 1450. The number of amides is 1. The van der Waals surface area contributed by atoms with E-state index in [9.17, 15) is 15.0 Å². The fourth-order valence-corrected chi connectivity index (χ4v) is 4.39. The number of hydrogen-bond acceptors (Lipinski definition) is 15. The van der Waals surface area contributed by atoms with E-state index in [-0.39, 0.29) is 56.5 Å². The predicted molar refractivity (Wildman–Crippen MR) is 204 cm³/mol. The standard InChI is InChI=1S/C34H50N6O2.C3H7NO.C2H4O2.ClHO4.2Mn/c1-33(2,3)29-17-25-21-35-9-13-39(7)15-11-37-23-27-19-30(34(4,5)6)20-28(32(27)42)24-38-12-16-40(8)14-10-36-22-26(18-29)31(25)41;1-4(2)3-5;1-2(3)4;2-1(3,4)5;;/h17-24,41-42H,9-16H2,1-8H3;3H,1-2H3;1H3,(H,3,4);(H,2,3,4,5);;/q;;;;2*+2/p-4. The molecule has 0 fully saturated rings. The second-order valence-corrected chi connectivity index (χ2v) is 15.9. The minimum Gasteiger partial charge on any atom is -0.872 e. The third-order valence-corrected chi connectivity index (χ3v) is 7.60. The van der Waals surface area contributed by atoms with Gasteiger partial charge in [0.05, 0.1) is 26.2 Å². The molecular weight excluding hydrogens is 856 g/mol. The summed E-state index contributed by atoms with van der Waals surface area (Å²) >= 11 is 0. The summed E-state index contributed by atoms with van der Waals surface area (Å²) in [5, 5.41) is 35.3. The van der Waals surface area contributed by atoms with Crippen LogP contribution >= 0.6 is 0 Å². The van der Waals surface area contributed by atoms with Gasteiger partial charge in [-0.2, -0.15) is 0 Å². The molecule has 0 atom stereocenters. The number of hydrogen-bond donors (Lipinski definition) is 0. The van der Waals surface area contributed by atoms with Crippen molar-refractivity contribution in [3.05, 3.63) is 57.6 Å². The first-order valence-electron chi connectivity index (χ1n) is 17.7. The molecule has 1 aliphatic rings. The van der Waals surface area contributed by atoms with Gasteiger partial charge in [-0.1, -0.05) is 77.3 Å². The fourth-order valence-electron chi connectivity index (χ4n) is 4.39. The van der Waals surface area contributed by atoms with E-state index < -0.39 is 16.2 Å². The number of carboxylic acid groups (broad SMARTS) is 1. The smallest absolute Gasteiger partial charge is 0.872 e. The molecule has 19 heteroatoms. The Morgan fingerprint density at radius 1 is 0.638 bits per heavy atom. The second-order valence-electron chi connectivity index (χ2n) is 15.2. The molecule has 0 spiro atoms. The van der Waals surface area contributed by atoms with E-state index in [2.05, 4.69) is 71.3 Å². The van der Waals surface area contributed by atoms with Crippen molar-refractivity contribution in [3.8, 4) is 11.5 Å². The summed E-state index contributed by atoms with van der Waals surface area (Å²) in [5.74, 6) is -1.18. The third kappa shape index (κ3) is 28.2. The van der Waals surface area contributed by atoms with Crippen LogP contribution in [0.5, 0.6) is 11.5 Å². The van der Waals surface area contributed by atoms with Gasteiger partial charge in [-0.15, -0.1) is 10.2 Å². The van der Waals surface area contributed by atoms with Crippen LogP contribution < -0.4 is 34.0 Å². The summed E-state index contributed by atoms with van der Waals surface area (Å²) in [4.78, 5) is 42.3. The molecule has 16 nitrogen and oxygen atoms in total. The Morgan fingerprint density at radius 3 is 0.983 bits per heavy atom. The fraction of sp³-hybridized carbons (Fsp3) is 0.538. The SMILES string of the molecule is CC(=O)[O-].CN(C)C=O.CN1CCN=Cc2cc(C(C)(C)C)cc(c2[O-])C=NCCN(C)CCN=Cc2cc(C(C)(C)C)cc(c2[O-])C=NCC1.[Mn+2].[Mn+2].[O-][Cl+3]([O-])([O-])[O-]. The third-order valence-electron chi connectivity index (χ3n) is 7.60. The maximum atomic E-state index is 13.2. The van der Waals surface area contributed by atoms with Crippen LogP contribution in [0.15, 0.2) is 44.2 Å².